The maximum atomic E-state index is 12.1. The van der Waals surface area contributed by atoms with Crippen molar-refractivity contribution in [2.45, 2.75) is 19.3 Å². The fourth-order valence-electron chi connectivity index (χ4n) is 2.10. The predicted octanol–water partition coefficient (Wildman–Crippen LogP) is 3.37. The topological polar surface area (TPSA) is 33.2 Å². The number of pyridine rings is 1. The minimum Gasteiger partial charge on any atom is -0.345 e. The van der Waals surface area contributed by atoms with Gasteiger partial charge in [0.05, 0.1) is 0 Å². The molecule has 1 aromatic heterocycles. The van der Waals surface area contributed by atoms with E-state index >= 15 is 0 Å². The minimum absolute atomic E-state index is 0.143. The molecule has 2 aromatic rings. The van der Waals surface area contributed by atoms with Crippen molar-refractivity contribution in [2.24, 2.45) is 0 Å². The molecule has 0 fully saturated rings. The second-order valence-corrected chi connectivity index (χ2v) is 5.42. The molecule has 1 aromatic carbocycles. The molecule has 3 nitrogen and oxygen atoms in total. The molecule has 0 saturated heterocycles. The van der Waals surface area contributed by atoms with E-state index in [1.54, 1.807) is 17.3 Å². The highest BCUT2D eigenvalue weighted by molar-refractivity contribution is 6.31. The van der Waals surface area contributed by atoms with Gasteiger partial charge in [0.15, 0.2) is 0 Å². The van der Waals surface area contributed by atoms with Crippen molar-refractivity contribution < 1.29 is 4.79 Å². The SMILES string of the molecule is CN(CCc1ccncc1)C(=O)CCc1ccccc1Cl. The van der Waals surface area contributed by atoms with Crippen LogP contribution >= 0.6 is 11.6 Å². The highest BCUT2D eigenvalue weighted by Crippen LogP contribution is 2.16. The van der Waals surface area contributed by atoms with Crippen LogP contribution in [0.3, 0.4) is 0 Å². The van der Waals surface area contributed by atoms with Gasteiger partial charge in [0.1, 0.15) is 0 Å². The molecule has 110 valence electrons. The number of nitrogens with zero attached hydrogens (tertiary/aromatic N) is 2. The summed E-state index contributed by atoms with van der Waals surface area (Å²) in [5.74, 6) is 0.143. The number of carbonyl (C=O) groups is 1. The van der Waals surface area contributed by atoms with Crippen molar-refractivity contribution in [1.82, 2.24) is 9.88 Å². The lowest BCUT2D eigenvalue weighted by Crippen LogP contribution is -2.29. The van der Waals surface area contributed by atoms with Crippen LogP contribution in [0.5, 0.6) is 0 Å². The van der Waals surface area contributed by atoms with Crippen LogP contribution in [0.4, 0.5) is 0 Å². The number of likely N-dealkylation sites (N-methyl/N-ethyl adjacent to an activating group) is 1. The Hall–Kier alpha value is -1.87. The lowest BCUT2D eigenvalue weighted by molar-refractivity contribution is -0.129. The zero-order valence-corrected chi connectivity index (χ0v) is 12.9. The Labute approximate surface area is 130 Å². The van der Waals surface area contributed by atoms with Crippen LogP contribution in [0.1, 0.15) is 17.5 Å². The standard InChI is InChI=1S/C17H19ClN2O/c1-20(13-10-14-8-11-19-12-9-14)17(21)7-6-15-4-2-3-5-16(15)18/h2-5,8-9,11-12H,6-7,10,13H2,1H3. The van der Waals surface area contributed by atoms with E-state index in [4.69, 9.17) is 11.6 Å². The van der Waals surface area contributed by atoms with E-state index in [1.807, 2.05) is 43.4 Å². The van der Waals surface area contributed by atoms with Crippen molar-refractivity contribution in [3.63, 3.8) is 0 Å². The van der Waals surface area contributed by atoms with Crippen LogP contribution in [0.15, 0.2) is 48.8 Å². The molecular weight excluding hydrogens is 284 g/mol. The Morgan fingerprint density at radius 1 is 1.14 bits per heavy atom. The Balaban J connectivity index is 1.79. The highest BCUT2D eigenvalue weighted by Gasteiger charge is 2.10. The third-order valence-corrected chi connectivity index (χ3v) is 3.85. The first kappa shape index (κ1) is 15.5. The molecule has 2 rings (SSSR count). The summed E-state index contributed by atoms with van der Waals surface area (Å²) in [5, 5.41) is 0.727. The number of aryl methyl sites for hydroxylation is 1. The van der Waals surface area contributed by atoms with Crippen LogP contribution < -0.4 is 0 Å². The molecular formula is C17H19ClN2O. The molecule has 0 aliphatic rings. The number of amides is 1. The van der Waals surface area contributed by atoms with E-state index in [1.165, 1.54) is 5.56 Å². The molecule has 0 saturated carbocycles. The Morgan fingerprint density at radius 3 is 2.57 bits per heavy atom. The Kier molecular flexibility index (Phi) is 5.76. The van der Waals surface area contributed by atoms with Crippen LogP contribution in [0.2, 0.25) is 5.02 Å². The molecule has 0 spiro atoms. The molecule has 0 radical (unpaired) electrons. The largest absolute Gasteiger partial charge is 0.345 e. The van der Waals surface area contributed by atoms with Gasteiger partial charge in [-0.2, -0.15) is 0 Å². The van der Waals surface area contributed by atoms with E-state index in [0.717, 1.165) is 17.0 Å². The van der Waals surface area contributed by atoms with Gasteiger partial charge in [0, 0.05) is 37.4 Å². The number of aromatic nitrogens is 1. The van der Waals surface area contributed by atoms with Gasteiger partial charge in [-0.15, -0.1) is 0 Å². The van der Waals surface area contributed by atoms with Gasteiger partial charge in [-0.1, -0.05) is 29.8 Å². The Morgan fingerprint density at radius 2 is 1.86 bits per heavy atom. The van der Waals surface area contributed by atoms with Gasteiger partial charge >= 0.3 is 0 Å². The first-order valence-electron chi connectivity index (χ1n) is 7.03. The van der Waals surface area contributed by atoms with E-state index in [0.29, 0.717) is 19.4 Å². The maximum Gasteiger partial charge on any atom is 0.222 e. The molecule has 4 heteroatoms. The summed E-state index contributed by atoms with van der Waals surface area (Å²) in [7, 11) is 1.84. The number of hydrogen-bond acceptors (Lipinski definition) is 2. The summed E-state index contributed by atoms with van der Waals surface area (Å²) < 4.78 is 0. The van der Waals surface area contributed by atoms with Gasteiger partial charge in [0.2, 0.25) is 5.91 Å². The molecule has 0 unspecified atom stereocenters. The smallest absolute Gasteiger partial charge is 0.222 e. The van der Waals surface area contributed by atoms with Gasteiger partial charge in [0.25, 0.3) is 0 Å². The fourth-order valence-corrected chi connectivity index (χ4v) is 2.33. The van der Waals surface area contributed by atoms with Crippen LogP contribution in [0.25, 0.3) is 0 Å². The zero-order chi connectivity index (χ0) is 15.1. The van der Waals surface area contributed by atoms with E-state index < -0.39 is 0 Å². The van der Waals surface area contributed by atoms with Crippen molar-refractivity contribution in [2.75, 3.05) is 13.6 Å². The van der Waals surface area contributed by atoms with Crippen molar-refractivity contribution >= 4 is 17.5 Å². The third kappa shape index (κ3) is 4.87. The summed E-state index contributed by atoms with van der Waals surface area (Å²) in [4.78, 5) is 17.9. The van der Waals surface area contributed by atoms with Crippen LogP contribution in [-0.2, 0) is 17.6 Å². The lowest BCUT2D eigenvalue weighted by atomic mass is 10.1. The van der Waals surface area contributed by atoms with Crippen LogP contribution in [0, 0.1) is 0 Å². The molecule has 0 bridgehead atoms. The van der Waals surface area contributed by atoms with Crippen molar-refractivity contribution in [3.8, 4) is 0 Å². The average Bonchev–Trinajstić information content (AvgIpc) is 2.52. The van der Waals surface area contributed by atoms with Gasteiger partial charge in [-0.25, -0.2) is 0 Å². The quantitative estimate of drug-likeness (QED) is 0.819. The summed E-state index contributed by atoms with van der Waals surface area (Å²) in [6.45, 7) is 0.714. The molecule has 0 atom stereocenters. The molecule has 1 heterocycles. The highest BCUT2D eigenvalue weighted by atomic mass is 35.5. The number of carbonyl (C=O) groups excluding carboxylic acids is 1. The lowest BCUT2D eigenvalue weighted by Gasteiger charge is -2.17. The molecule has 0 N–H and O–H groups in total. The zero-order valence-electron chi connectivity index (χ0n) is 12.1. The summed E-state index contributed by atoms with van der Waals surface area (Å²) in [5.41, 5.74) is 2.21. The third-order valence-electron chi connectivity index (χ3n) is 3.48. The second kappa shape index (κ2) is 7.79. The number of benzene rings is 1. The average molecular weight is 303 g/mol. The van der Waals surface area contributed by atoms with E-state index in [2.05, 4.69) is 4.98 Å². The first-order valence-corrected chi connectivity index (χ1v) is 7.41. The fraction of sp³-hybridized carbons (Fsp3) is 0.294. The van der Waals surface area contributed by atoms with Gasteiger partial charge in [-0.3, -0.25) is 9.78 Å². The number of rotatable bonds is 6. The maximum absolute atomic E-state index is 12.1. The van der Waals surface area contributed by atoms with Crippen molar-refractivity contribution in [3.05, 3.63) is 64.9 Å². The predicted molar refractivity (Wildman–Crippen MR) is 85.4 cm³/mol. The summed E-state index contributed by atoms with van der Waals surface area (Å²) in [6.07, 6.45) is 5.55. The van der Waals surface area contributed by atoms with Crippen molar-refractivity contribution in [1.29, 1.82) is 0 Å². The molecule has 1 amide bonds. The van der Waals surface area contributed by atoms with E-state index in [9.17, 15) is 4.79 Å². The Bertz CT molecular complexity index is 586. The summed E-state index contributed by atoms with van der Waals surface area (Å²) >= 11 is 6.10. The van der Waals surface area contributed by atoms with E-state index in [-0.39, 0.29) is 5.91 Å². The second-order valence-electron chi connectivity index (χ2n) is 5.01. The first-order chi connectivity index (χ1) is 10.2. The number of hydrogen-bond donors (Lipinski definition) is 0. The van der Waals surface area contributed by atoms with Crippen LogP contribution in [-0.4, -0.2) is 29.4 Å². The minimum atomic E-state index is 0.143. The van der Waals surface area contributed by atoms with Gasteiger partial charge < -0.3 is 4.90 Å². The molecule has 0 aliphatic heterocycles. The normalized spacial score (nSPS) is 10.4. The molecule has 0 aliphatic carbocycles. The molecule has 21 heavy (non-hydrogen) atoms. The monoisotopic (exact) mass is 302 g/mol. The van der Waals surface area contributed by atoms with Gasteiger partial charge in [-0.05, 0) is 42.2 Å². The number of halogens is 1. The summed E-state index contributed by atoms with van der Waals surface area (Å²) in [6, 6.07) is 11.6.